The second kappa shape index (κ2) is 3.68. The second-order valence-electron chi connectivity index (χ2n) is 3.54. The summed E-state index contributed by atoms with van der Waals surface area (Å²) in [6, 6.07) is 6.07. The van der Waals surface area contributed by atoms with Gasteiger partial charge in [-0.15, -0.1) is 0 Å². The summed E-state index contributed by atoms with van der Waals surface area (Å²) < 4.78 is 0. The molecule has 0 bridgehead atoms. The highest BCUT2D eigenvalue weighted by molar-refractivity contribution is 7.79. The third-order valence-corrected chi connectivity index (χ3v) is 2.81. The van der Waals surface area contributed by atoms with Crippen molar-refractivity contribution in [1.29, 1.82) is 0 Å². The maximum Gasteiger partial charge on any atom is 0.116 e. The second-order valence-corrected chi connectivity index (χ2v) is 3.85. The van der Waals surface area contributed by atoms with Crippen LogP contribution in [0.4, 0.5) is 0 Å². The van der Waals surface area contributed by atoms with Crippen molar-refractivity contribution >= 4 is 23.7 Å². The van der Waals surface area contributed by atoms with Crippen LogP contribution in [0.5, 0.6) is 0 Å². The van der Waals surface area contributed by atoms with E-state index in [2.05, 4.69) is 38.6 Å². The molecule has 2 aromatic heterocycles. The Morgan fingerprint density at radius 1 is 1.25 bits per heavy atom. The minimum Gasteiger partial charge on any atom is -0.345 e. The van der Waals surface area contributed by atoms with Crippen LogP contribution in [-0.2, 0) is 5.75 Å². The first-order valence-corrected chi connectivity index (χ1v) is 5.58. The predicted octanol–water partition coefficient (Wildman–Crippen LogP) is 2.38. The van der Waals surface area contributed by atoms with E-state index in [0.29, 0.717) is 5.75 Å². The Morgan fingerprint density at radius 2 is 2.19 bits per heavy atom. The fourth-order valence-corrected chi connectivity index (χ4v) is 1.85. The van der Waals surface area contributed by atoms with Crippen molar-refractivity contribution in [2.24, 2.45) is 0 Å². The largest absolute Gasteiger partial charge is 0.345 e. The van der Waals surface area contributed by atoms with Crippen LogP contribution in [0, 0.1) is 0 Å². The maximum atomic E-state index is 4.22. The van der Waals surface area contributed by atoms with Gasteiger partial charge in [0.15, 0.2) is 0 Å². The van der Waals surface area contributed by atoms with Gasteiger partial charge in [-0.2, -0.15) is 12.6 Å². The zero-order chi connectivity index (χ0) is 11.0. The van der Waals surface area contributed by atoms with E-state index in [1.54, 1.807) is 6.33 Å². The van der Waals surface area contributed by atoms with Crippen molar-refractivity contribution in [2.45, 2.75) is 5.75 Å². The number of fused-ring (bicyclic) bond motifs is 1. The van der Waals surface area contributed by atoms with Gasteiger partial charge in [-0.05, 0) is 12.1 Å². The number of nitrogens with zero attached hydrogens (tertiary/aromatic N) is 2. The maximum absolute atomic E-state index is 4.22. The van der Waals surface area contributed by atoms with Crippen LogP contribution < -0.4 is 0 Å². The van der Waals surface area contributed by atoms with Gasteiger partial charge in [-0.3, -0.25) is 0 Å². The number of H-pyrrole nitrogens is 2. The zero-order valence-electron chi connectivity index (χ0n) is 8.44. The van der Waals surface area contributed by atoms with Crippen LogP contribution in [0.1, 0.15) is 5.82 Å². The minimum absolute atomic E-state index is 0.617. The molecule has 80 valence electrons. The Hall–Kier alpha value is -1.75. The molecule has 0 aliphatic carbocycles. The fourth-order valence-electron chi connectivity index (χ4n) is 1.69. The molecular formula is C11H10N4S. The summed E-state index contributed by atoms with van der Waals surface area (Å²) in [5, 5.41) is 0. The summed E-state index contributed by atoms with van der Waals surface area (Å²) >= 11 is 4.17. The summed E-state index contributed by atoms with van der Waals surface area (Å²) in [6.07, 6.45) is 3.52. The van der Waals surface area contributed by atoms with Crippen LogP contribution in [0.15, 0.2) is 30.7 Å². The van der Waals surface area contributed by atoms with Gasteiger partial charge in [0, 0.05) is 11.3 Å². The molecule has 4 nitrogen and oxygen atoms in total. The molecule has 0 fully saturated rings. The average Bonchev–Trinajstić information content (AvgIpc) is 2.96. The topological polar surface area (TPSA) is 57.4 Å². The number of aromatic nitrogens is 4. The third-order valence-electron chi connectivity index (χ3n) is 2.51. The van der Waals surface area contributed by atoms with Gasteiger partial charge in [-0.1, -0.05) is 6.07 Å². The van der Waals surface area contributed by atoms with Gasteiger partial charge < -0.3 is 9.97 Å². The number of hydrogen-bond donors (Lipinski definition) is 3. The van der Waals surface area contributed by atoms with Gasteiger partial charge in [0.2, 0.25) is 0 Å². The fraction of sp³-hybridized carbons (Fsp3) is 0.0909. The van der Waals surface area contributed by atoms with E-state index >= 15 is 0 Å². The molecule has 0 unspecified atom stereocenters. The van der Waals surface area contributed by atoms with Gasteiger partial charge in [-0.25, -0.2) is 9.97 Å². The minimum atomic E-state index is 0.617. The van der Waals surface area contributed by atoms with Gasteiger partial charge in [0.1, 0.15) is 5.82 Å². The summed E-state index contributed by atoms with van der Waals surface area (Å²) in [7, 11) is 0. The van der Waals surface area contributed by atoms with E-state index in [0.717, 1.165) is 28.1 Å². The van der Waals surface area contributed by atoms with E-state index in [1.807, 2.05) is 18.3 Å². The molecule has 1 aromatic carbocycles. The Labute approximate surface area is 97.5 Å². The number of hydrogen-bond acceptors (Lipinski definition) is 3. The van der Waals surface area contributed by atoms with Crippen molar-refractivity contribution in [3.8, 4) is 11.3 Å². The average molecular weight is 230 g/mol. The number of thiol groups is 1. The molecule has 3 aromatic rings. The van der Waals surface area contributed by atoms with Gasteiger partial charge in [0.25, 0.3) is 0 Å². The molecule has 0 radical (unpaired) electrons. The first-order chi connectivity index (χ1) is 7.86. The Morgan fingerprint density at radius 3 is 3.00 bits per heavy atom. The number of nitrogens with one attached hydrogen (secondary N) is 2. The number of benzene rings is 1. The monoisotopic (exact) mass is 230 g/mol. The van der Waals surface area contributed by atoms with Crippen LogP contribution in [0.2, 0.25) is 0 Å². The number of rotatable bonds is 2. The summed E-state index contributed by atoms with van der Waals surface area (Å²) in [5.74, 6) is 1.50. The Kier molecular flexibility index (Phi) is 2.18. The molecule has 0 spiro atoms. The molecule has 0 atom stereocenters. The SMILES string of the molecule is SCc1ncc(-c2ccc3nc[nH]c3c2)[nH]1. The highest BCUT2D eigenvalue weighted by Gasteiger charge is 2.04. The van der Waals surface area contributed by atoms with E-state index in [1.165, 1.54) is 0 Å². The normalized spacial score (nSPS) is 11.1. The number of imidazole rings is 2. The van der Waals surface area contributed by atoms with E-state index in [9.17, 15) is 0 Å². The highest BCUT2D eigenvalue weighted by atomic mass is 32.1. The molecule has 2 N–H and O–H groups in total. The predicted molar refractivity (Wildman–Crippen MR) is 66.4 cm³/mol. The van der Waals surface area contributed by atoms with Crippen molar-refractivity contribution in [3.63, 3.8) is 0 Å². The summed E-state index contributed by atoms with van der Waals surface area (Å²) in [5.41, 5.74) is 4.09. The lowest BCUT2D eigenvalue weighted by Gasteiger charge is -1.97. The molecule has 16 heavy (non-hydrogen) atoms. The van der Waals surface area contributed by atoms with Crippen LogP contribution >= 0.6 is 12.6 Å². The van der Waals surface area contributed by atoms with Gasteiger partial charge >= 0.3 is 0 Å². The lowest BCUT2D eigenvalue weighted by atomic mass is 10.1. The lowest BCUT2D eigenvalue weighted by molar-refractivity contribution is 1.13. The highest BCUT2D eigenvalue weighted by Crippen LogP contribution is 2.21. The van der Waals surface area contributed by atoms with E-state index < -0.39 is 0 Å². The number of aromatic amines is 2. The molecule has 0 amide bonds. The summed E-state index contributed by atoms with van der Waals surface area (Å²) in [6.45, 7) is 0. The Bertz CT molecular complexity index is 625. The molecular weight excluding hydrogens is 220 g/mol. The zero-order valence-corrected chi connectivity index (χ0v) is 9.33. The quantitative estimate of drug-likeness (QED) is 0.592. The molecule has 0 saturated heterocycles. The molecule has 0 aliphatic heterocycles. The van der Waals surface area contributed by atoms with Crippen LogP contribution in [0.25, 0.3) is 22.3 Å². The first kappa shape index (κ1) is 9.47. The smallest absolute Gasteiger partial charge is 0.116 e. The molecule has 2 heterocycles. The van der Waals surface area contributed by atoms with E-state index in [-0.39, 0.29) is 0 Å². The molecule has 0 saturated carbocycles. The Balaban J connectivity index is 2.10. The summed E-state index contributed by atoms with van der Waals surface area (Å²) in [4.78, 5) is 14.7. The van der Waals surface area contributed by atoms with Crippen molar-refractivity contribution < 1.29 is 0 Å². The van der Waals surface area contributed by atoms with Crippen molar-refractivity contribution in [1.82, 2.24) is 19.9 Å². The van der Waals surface area contributed by atoms with Gasteiger partial charge in [0.05, 0.1) is 29.3 Å². The first-order valence-electron chi connectivity index (χ1n) is 4.95. The third kappa shape index (κ3) is 1.49. The standard InChI is InChI=1S/C11H10N4S/c16-5-11-12-4-10(15-11)7-1-2-8-9(3-7)14-6-13-8/h1-4,6,16H,5H2,(H,12,15)(H,13,14). The van der Waals surface area contributed by atoms with E-state index in [4.69, 9.17) is 0 Å². The lowest BCUT2D eigenvalue weighted by Crippen LogP contribution is -1.81. The molecule has 3 rings (SSSR count). The molecule has 5 heteroatoms. The molecule has 0 aliphatic rings. The van der Waals surface area contributed by atoms with Crippen molar-refractivity contribution in [3.05, 3.63) is 36.5 Å². The van der Waals surface area contributed by atoms with Crippen LogP contribution in [0.3, 0.4) is 0 Å². The van der Waals surface area contributed by atoms with Crippen LogP contribution in [-0.4, -0.2) is 19.9 Å². The van der Waals surface area contributed by atoms with Crippen molar-refractivity contribution in [2.75, 3.05) is 0 Å².